The SMILES string of the molecule is C#CCN(CC(=O)O)C(=O)NCC#CC. The van der Waals surface area contributed by atoms with Crippen molar-refractivity contribution in [3.8, 4) is 24.2 Å². The van der Waals surface area contributed by atoms with Crippen LogP contribution in [0.4, 0.5) is 4.79 Å². The molecule has 0 fully saturated rings. The van der Waals surface area contributed by atoms with Crippen LogP contribution in [0.1, 0.15) is 6.92 Å². The van der Waals surface area contributed by atoms with Crippen LogP contribution < -0.4 is 5.32 Å². The lowest BCUT2D eigenvalue weighted by Crippen LogP contribution is -2.43. The topological polar surface area (TPSA) is 69.6 Å². The van der Waals surface area contributed by atoms with Gasteiger partial charge >= 0.3 is 12.0 Å². The molecule has 0 aromatic heterocycles. The number of carbonyl (C=O) groups excluding carboxylic acids is 1. The number of carbonyl (C=O) groups is 2. The fraction of sp³-hybridized carbons (Fsp3) is 0.400. The molecule has 2 amide bonds. The summed E-state index contributed by atoms with van der Waals surface area (Å²) >= 11 is 0. The molecule has 0 atom stereocenters. The van der Waals surface area contributed by atoms with Crippen LogP contribution in [-0.2, 0) is 4.79 Å². The van der Waals surface area contributed by atoms with Gasteiger partial charge in [0.05, 0.1) is 13.1 Å². The number of amides is 2. The number of aliphatic carboxylic acids is 1. The van der Waals surface area contributed by atoms with Crippen LogP contribution in [0.2, 0.25) is 0 Å². The van der Waals surface area contributed by atoms with Crippen molar-refractivity contribution < 1.29 is 14.7 Å². The van der Waals surface area contributed by atoms with Gasteiger partial charge in [-0.2, -0.15) is 0 Å². The maximum absolute atomic E-state index is 11.3. The maximum Gasteiger partial charge on any atom is 0.323 e. The number of nitrogens with zero attached hydrogens (tertiary/aromatic N) is 1. The molecule has 0 radical (unpaired) electrons. The Balaban J connectivity index is 4.21. The van der Waals surface area contributed by atoms with E-state index in [-0.39, 0.29) is 13.1 Å². The Morgan fingerprint density at radius 3 is 2.67 bits per heavy atom. The Bertz CT molecular complexity index is 333. The van der Waals surface area contributed by atoms with E-state index >= 15 is 0 Å². The van der Waals surface area contributed by atoms with Crippen LogP contribution in [-0.4, -0.2) is 41.6 Å². The van der Waals surface area contributed by atoms with Crippen molar-refractivity contribution in [3.05, 3.63) is 0 Å². The summed E-state index contributed by atoms with van der Waals surface area (Å²) in [5.74, 6) is 6.32. The minimum atomic E-state index is -1.11. The number of carboxylic acids is 1. The van der Waals surface area contributed by atoms with E-state index in [1.54, 1.807) is 6.92 Å². The van der Waals surface area contributed by atoms with Crippen molar-refractivity contribution in [2.75, 3.05) is 19.6 Å². The van der Waals surface area contributed by atoms with Crippen LogP contribution in [0, 0.1) is 24.2 Å². The zero-order valence-corrected chi connectivity index (χ0v) is 8.41. The molecule has 0 aliphatic heterocycles. The molecule has 0 aliphatic rings. The molecule has 0 rings (SSSR count). The number of hydrogen-bond acceptors (Lipinski definition) is 2. The Morgan fingerprint density at radius 2 is 2.20 bits per heavy atom. The average molecular weight is 208 g/mol. The molecule has 0 heterocycles. The lowest BCUT2D eigenvalue weighted by atomic mass is 10.5. The first kappa shape index (κ1) is 12.9. The fourth-order valence-electron chi connectivity index (χ4n) is 0.793. The minimum absolute atomic E-state index is 0.0440. The predicted molar refractivity (Wildman–Crippen MR) is 54.9 cm³/mol. The second kappa shape index (κ2) is 7.28. The van der Waals surface area contributed by atoms with Gasteiger partial charge in [-0.15, -0.1) is 12.3 Å². The lowest BCUT2D eigenvalue weighted by Gasteiger charge is -2.17. The summed E-state index contributed by atoms with van der Waals surface area (Å²) in [6.07, 6.45) is 5.01. The fourth-order valence-corrected chi connectivity index (χ4v) is 0.793. The maximum atomic E-state index is 11.3. The van der Waals surface area contributed by atoms with Crippen molar-refractivity contribution in [2.45, 2.75) is 6.92 Å². The van der Waals surface area contributed by atoms with E-state index in [4.69, 9.17) is 11.5 Å². The van der Waals surface area contributed by atoms with Gasteiger partial charge < -0.3 is 15.3 Å². The number of terminal acetylenes is 1. The van der Waals surface area contributed by atoms with Crippen LogP contribution in [0.3, 0.4) is 0 Å². The highest BCUT2D eigenvalue weighted by Gasteiger charge is 2.14. The van der Waals surface area contributed by atoms with E-state index < -0.39 is 18.5 Å². The van der Waals surface area contributed by atoms with Gasteiger partial charge in [0, 0.05) is 0 Å². The molecule has 0 unspecified atom stereocenters. The number of carboxylic acid groups (broad SMARTS) is 1. The number of hydrogen-bond donors (Lipinski definition) is 2. The number of urea groups is 1. The third-order valence-electron chi connectivity index (χ3n) is 1.40. The van der Waals surface area contributed by atoms with Gasteiger partial charge in [0.1, 0.15) is 6.54 Å². The van der Waals surface area contributed by atoms with Crippen LogP contribution >= 0.6 is 0 Å². The van der Waals surface area contributed by atoms with Crippen molar-refractivity contribution in [3.63, 3.8) is 0 Å². The molecule has 0 saturated heterocycles. The number of rotatable bonds is 4. The molecule has 0 aromatic rings. The van der Waals surface area contributed by atoms with Gasteiger partial charge in [0.2, 0.25) is 0 Å². The van der Waals surface area contributed by atoms with E-state index in [0.717, 1.165) is 4.90 Å². The van der Waals surface area contributed by atoms with E-state index in [1.807, 2.05) is 0 Å². The Hall–Kier alpha value is -2.14. The van der Waals surface area contributed by atoms with E-state index in [9.17, 15) is 9.59 Å². The first-order valence-electron chi connectivity index (χ1n) is 4.19. The first-order chi connectivity index (χ1) is 7.11. The highest BCUT2D eigenvalue weighted by atomic mass is 16.4. The summed E-state index contributed by atoms with van der Waals surface area (Å²) in [6, 6.07) is -0.530. The zero-order valence-electron chi connectivity index (χ0n) is 8.41. The largest absolute Gasteiger partial charge is 0.480 e. The van der Waals surface area contributed by atoms with Crippen molar-refractivity contribution in [1.29, 1.82) is 0 Å². The van der Waals surface area contributed by atoms with Gasteiger partial charge in [-0.05, 0) is 6.92 Å². The van der Waals surface area contributed by atoms with E-state index in [0.29, 0.717) is 0 Å². The molecular formula is C10H12N2O3. The smallest absolute Gasteiger partial charge is 0.323 e. The molecule has 15 heavy (non-hydrogen) atoms. The van der Waals surface area contributed by atoms with Crippen molar-refractivity contribution in [2.24, 2.45) is 0 Å². The molecule has 2 N–H and O–H groups in total. The molecule has 5 nitrogen and oxygen atoms in total. The van der Waals surface area contributed by atoms with Crippen molar-refractivity contribution >= 4 is 12.0 Å². The quantitative estimate of drug-likeness (QED) is 0.625. The normalized spacial score (nSPS) is 8.00. The van der Waals surface area contributed by atoms with E-state index in [2.05, 4.69) is 23.1 Å². The summed E-state index contributed by atoms with van der Waals surface area (Å²) in [4.78, 5) is 22.7. The minimum Gasteiger partial charge on any atom is -0.480 e. The van der Waals surface area contributed by atoms with Gasteiger partial charge in [-0.25, -0.2) is 4.79 Å². The van der Waals surface area contributed by atoms with Crippen molar-refractivity contribution in [1.82, 2.24) is 10.2 Å². The first-order valence-corrected chi connectivity index (χ1v) is 4.19. The van der Waals surface area contributed by atoms with Gasteiger partial charge in [0.15, 0.2) is 0 Å². The van der Waals surface area contributed by atoms with Gasteiger partial charge in [-0.3, -0.25) is 4.79 Å². The molecule has 0 bridgehead atoms. The molecule has 5 heteroatoms. The summed E-state index contributed by atoms with van der Waals surface area (Å²) in [6.45, 7) is 1.35. The lowest BCUT2D eigenvalue weighted by molar-refractivity contribution is -0.137. The van der Waals surface area contributed by atoms with Crippen LogP contribution in [0.25, 0.3) is 0 Å². The third kappa shape index (κ3) is 6.00. The summed E-state index contributed by atoms with van der Waals surface area (Å²) in [7, 11) is 0. The summed E-state index contributed by atoms with van der Waals surface area (Å²) in [5.41, 5.74) is 0. The average Bonchev–Trinajstić information content (AvgIpc) is 2.17. The molecule has 0 spiro atoms. The van der Waals surface area contributed by atoms with E-state index in [1.165, 1.54) is 0 Å². The van der Waals surface area contributed by atoms with Crippen LogP contribution in [0.15, 0.2) is 0 Å². The Kier molecular flexibility index (Phi) is 6.24. The summed E-state index contributed by atoms with van der Waals surface area (Å²) < 4.78 is 0. The highest BCUT2D eigenvalue weighted by Crippen LogP contribution is 1.88. The Morgan fingerprint density at radius 1 is 1.53 bits per heavy atom. The molecule has 0 saturated carbocycles. The highest BCUT2D eigenvalue weighted by molar-refractivity contribution is 5.80. The second-order valence-corrected chi connectivity index (χ2v) is 2.54. The second-order valence-electron chi connectivity index (χ2n) is 2.54. The summed E-state index contributed by atoms with van der Waals surface area (Å²) in [5, 5.41) is 10.9. The van der Waals surface area contributed by atoms with Gasteiger partial charge in [0.25, 0.3) is 0 Å². The molecule has 80 valence electrons. The molecule has 0 aliphatic carbocycles. The van der Waals surface area contributed by atoms with Gasteiger partial charge in [-0.1, -0.05) is 11.8 Å². The molecule has 0 aromatic carbocycles. The molecular weight excluding hydrogens is 196 g/mol. The Labute approximate surface area is 88.4 Å². The predicted octanol–water partition coefficient (Wildman–Crippen LogP) is -0.261. The zero-order chi connectivity index (χ0) is 11.7. The van der Waals surface area contributed by atoms with Crippen LogP contribution in [0.5, 0.6) is 0 Å². The third-order valence-corrected chi connectivity index (χ3v) is 1.40. The standard InChI is InChI=1S/C10H12N2O3/c1-3-5-6-11-10(15)12(7-4-2)8-9(13)14/h2H,6-8H2,1H3,(H,11,15)(H,13,14). The number of nitrogens with one attached hydrogen (secondary N) is 1. The monoisotopic (exact) mass is 208 g/mol.